The second-order valence-electron chi connectivity index (χ2n) is 11.8. The minimum absolute atomic E-state index is 0.454. The van der Waals surface area contributed by atoms with E-state index in [9.17, 15) is 0 Å². The maximum absolute atomic E-state index is 4.02. The molecule has 2 aliphatic heterocycles. The maximum Gasteiger partial charge on any atom is 0.0233 e. The molecular weight excluding hydrogens is 432 g/mol. The molecule has 0 amide bonds. The highest BCUT2D eigenvalue weighted by molar-refractivity contribution is 5.16. The van der Waals surface area contributed by atoms with Gasteiger partial charge in [-0.25, -0.2) is 0 Å². The molecule has 2 saturated heterocycles. The molecule has 35 heavy (non-hydrogen) atoms. The minimum Gasteiger partial charge on any atom is -0.311 e. The minimum atomic E-state index is 0.454. The summed E-state index contributed by atoms with van der Waals surface area (Å²) in [5.74, 6) is 0.712. The van der Waals surface area contributed by atoms with Crippen LogP contribution in [0.4, 0.5) is 0 Å². The molecule has 2 aliphatic rings. The average molecular weight is 487 g/mol. The highest BCUT2D eigenvalue weighted by Crippen LogP contribution is 2.17. The summed E-state index contributed by atoms with van der Waals surface area (Å²) in [4.78, 5) is 10.1. The van der Waals surface area contributed by atoms with Gasteiger partial charge in [0.2, 0.25) is 0 Å². The van der Waals surface area contributed by atoms with Gasteiger partial charge in [-0.05, 0) is 64.9 Å². The molecule has 0 aromatic heterocycles. The van der Waals surface area contributed by atoms with Crippen LogP contribution in [0.3, 0.4) is 0 Å². The molecule has 0 unspecified atom stereocenters. The highest BCUT2D eigenvalue weighted by Gasteiger charge is 2.25. The molecule has 2 heterocycles. The smallest absolute Gasteiger partial charge is 0.0233 e. The Morgan fingerprint density at radius 1 is 0.971 bits per heavy atom. The van der Waals surface area contributed by atoms with Gasteiger partial charge in [0.25, 0.3) is 0 Å². The number of rotatable bonds is 15. The van der Waals surface area contributed by atoms with Crippen LogP contribution in [-0.4, -0.2) is 124 Å². The number of likely N-dealkylation sites (N-methyl/N-ethyl adjacent to an activating group) is 2. The SMILES string of the molecule is CC(C)C[C@@H](CN1CCN(C)CC1)NC[C@H](Cc1ccccc1)NC[C@@H]1CCCN1CCN(C)C. The van der Waals surface area contributed by atoms with Crippen LogP contribution in [0.15, 0.2) is 30.3 Å². The highest BCUT2D eigenvalue weighted by atomic mass is 15.3. The van der Waals surface area contributed by atoms with E-state index in [1.807, 2.05) is 0 Å². The van der Waals surface area contributed by atoms with E-state index in [2.05, 4.69) is 95.6 Å². The third kappa shape index (κ3) is 10.9. The van der Waals surface area contributed by atoms with Crippen molar-refractivity contribution in [3.63, 3.8) is 0 Å². The van der Waals surface area contributed by atoms with E-state index in [0.717, 1.165) is 26.1 Å². The zero-order valence-electron chi connectivity index (χ0n) is 23.4. The monoisotopic (exact) mass is 486 g/mol. The van der Waals surface area contributed by atoms with Gasteiger partial charge in [-0.2, -0.15) is 0 Å². The fraction of sp³-hybridized carbons (Fsp3) is 0.793. The summed E-state index contributed by atoms with van der Waals surface area (Å²) in [5, 5.41) is 8.03. The standard InChI is InChI=1S/C29H54N6/c1-25(2)20-28(24-34-17-15-33(5)16-18-34)30-22-27(21-26-10-7-6-8-11-26)31-23-29-12-9-13-35(29)19-14-32(3)4/h6-8,10-11,25,27-31H,9,12-24H2,1-5H3/t27-,28-,29-/m0/s1. The van der Waals surface area contributed by atoms with Crippen molar-refractivity contribution in [2.24, 2.45) is 5.92 Å². The topological polar surface area (TPSA) is 37.0 Å². The van der Waals surface area contributed by atoms with Crippen LogP contribution < -0.4 is 10.6 Å². The van der Waals surface area contributed by atoms with Crippen molar-refractivity contribution >= 4 is 0 Å². The van der Waals surface area contributed by atoms with E-state index in [1.54, 1.807) is 0 Å². The Balaban J connectivity index is 1.56. The van der Waals surface area contributed by atoms with Crippen LogP contribution >= 0.6 is 0 Å². The number of hydrogen-bond donors (Lipinski definition) is 2. The lowest BCUT2D eigenvalue weighted by atomic mass is 10.0. The van der Waals surface area contributed by atoms with Crippen molar-refractivity contribution in [1.82, 2.24) is 30.2 Å². The molecule has 1 aromatic rings. The maximum atomic E-state index is 4.02. The van der Waals surface area contributed by atoms with Crippen LogP contribution in [-0.2, 0) is 6.42 Å². The Kier molecular flexibility index (Phi) is 12.5. The summed E-state index contributed by atoms with van der Waals surface area (Å²) in [6, 6.07) is 12.7. The van der Waals surface area contributed by atoms with E-state index in [0.29, 0.717) is 24.0 Å². The van der Waals surface area contributed by atoms with Gasteiger partial charge in [0.15, 0.2) is 0 Å². The Hall–Kier alpha value is -1.02. The molecule has 0 aliphatic carbocycles. The largest absolute Gasteiger partial charge is 0.311 e. The van der Waals surface area contributed by atoms with Crippen LogP contribution in [0.5, 0.6) is 0 Å². The molecule has 0 saturated carbocycles. The molecule has 0 bridgehead atoms. The zero-order chi connectivity index (χ0) is 25.0. The second kappa shape index (κ2) is 15.3. The lowest BCUT2D eigenvalue weighted by molar-refractivity contribution is 0.137. The molecule has 0 spiro atoms. The van der Waals surface area contributed by atoms with Crippen molar-refractivity contribution in [3.8, 4) is 0 Å². The normalized spacial score (nSPS) is 22.3. The lowest BCUT2D eigenvalue weighted by Gasteiger charge is -2.36. The van der Waals surface area contributed by atoms with Gasteiger partial charge in [0.1, 0.15) is 0 Å². The van der Waals surface area contributed by atoms with Crippen LogP contribution in [0.25, 0.3) is 0 Å². The van der Waals surface area contributed by atoms with E-state index < -0.39 is 0 Å². The Morgan fingerprint density at radius 2 is 1.71 bits per heavy atom. The van der Waals surface area contributed by atoms with E-state index in [1.165, 1.54) is 70.6 Å². The van der Waals surface area contributed by atoms with Gasteiger partial charge >= 0.3 is 0 Å². The Morgan fingerprint density at radius 3 is 2.40 bits per heavy atom. The fourth-order valence-corrected chi connectivity index (χ4v) is 5.61. The molecule has 6 nitrogen and oxygen atoms in total. The molecule has 0 radical (unpaired) electrons. The summed E-state index contributed by atoms with van der Waals surface area (Å²) in [5.41, 5.74) is 1.43. The number of nitrogens with zero attached hydrogens (tertiary/aromatic N) is 4. The van der Waals surface area contributed by atoms with E-state index in [-0.39, 0.29) is 0 Å². The summed E-state index contributed by atoms with van der Waals surface area (Å²) in [7, 11) is 6.61. The zero-order valence-corrected chi connectivity index (χ0v) is 23.4. The van der Waals surface area contributed by atoms with Gasteiger partial charge in [0, 0.05) is 77.0 Å². The fourth-order valence-electron chi connectivity index (χ4n) is 5.61. The first-order chi connectivity index (χ1) is 16.9. The van der Waals surface area contributed by atoms with Crippen LogP contribution in [0.2, 0.25) is 0 Å². The van der Waals surface area contributed by atoms with Gasteiger partial charge in [-0.1, -0.05) is 44.2 Å². The molecule has 2 fully saturated rings. The van der Waals surface area contributed by atoms with Gasteiger partial charge in [-0.15, -0.1) is 0 Å². The number of benzene rings is 1. The molecule has 6 heteroatoms. The number of hydrogen-bond acceptors (Lipinski definition) is 6. The summed E-state index contributed by atoms with van der Waals surface area (Å²) >= 11 is 0. The molecule has 3 rings (SSSR count). The third-order valence-corrected chi connectivity index (χ3v) is 7.78. The number of piperazine rings is 1. The van der Waals surface area contributed by atoms with Crippen molar-refractivity contribution in [1.29, 1.82) is 0 Å². The molecule has 3 atom stereocenters. The van der Waals surface area contributed by atoms with Crippen molar-refractivity contribution in [3.05, 3.63) is 35.9 Å². The molecule has 1 aromatic carbocycles. The quantitative estimate of drug-likeness (QED) is 0.397. The number of likely N-dealkylation sites (tertiary alicyclic amines) is 1. The first kappa shape index (κ1) is 28.5. The van der Waals surface area contributed by atoms with Gasteiger partial charge in [-0.3, -0.25) is 9.80 Å². The number of nitrogens with one attached hydrogen (secondary N) is 2. The second-order valence-corrected chi connectivity index (χ2v) is 11.8. The predicted molar refractivity (Wildman–Crippen MR) is 150 cm³/mol. The van der Waals surface area contributed by atoms with Crippen molar-refractivity contribution in [2.75, 3.05) is 86.6 Å². The summed E-state index contributed by atoms with van der Waals surface area (Å²) in [6.45, 7) is 16.4. The Labute approximate surface area is 216 Å². The third-order valence-electron chi connectivity index (χ3n) is 7.78. The molecule has 2 N–H and O–H groups in total. The predicted octanol–water partition coefficient (Wildman–Crippen LogP) is 2.47. The lowest BCUT2D eigenvalue weighted by Crippen LogP contribution is -2.53. The summed E-state index contributed by atoms with van der Waals surface area (Å²) < 4.78 is 0. The van der Waals surface area contributed by atoms with E-state index in [4.69, 9.17) is 0 Å². The molecule has 200 valence electrons. The van der Waals surface area contributed by atoms with Gasteiger partial charge in [0.05, 0.1) is 0 Å². The van der Waals surface area contributed by atoms with Gasteiger partial charge < -0.3 is 20.4 Å². The summed E-state index contributed by atoms with van der Waals surface area (Å²) in [6.07, 6.45) is 4.99. The first-order valence-electron chi connectivity index (χ1n) is 14.2. The molecular formula is C29H54N6. The van der Waals surface area contributed by atoms with Crippen molar-refractivity contribution < 1.29 is 0 Å². The Bertz CT molecular complexity index is 673. The van der Waals surface area contributed by atoms with Crippen LogP contribution in [0, 0.1) is 5.92 Å². The van der Waals surface area contributed by atoms with Crippen molar-refractivity contribution in [2.45, 2.75) is 57.7 Å². The van der Waals surface area contributed by atoms with Crippen LogP contribution in [0.1, 0.15) is 38.7 Å². The average Bonchev–Trinajstić information content (AvgIpc) is 3.28. The first-order valence-corrected chi connectivity index (χ1v) is 14.2. The van der Waals surface area contributed by atoms with E-state index >= 15 is 0 Å².